The van der Waals surface area contributed by atoms with E-state index in [9.17, 15) is 14.0 Å². The largest absolute Gasteiger partial charge is 0.350 e. The van der Waals surface area contributed by atoms with E-state index in [4.69, 9.17) is 23.2 Å². The molecule has 0 spiro atoms. The van der Waals surface area contributed by atoms with Gasteiger partial charge in [0.1, 0.15) is 16.5 Å². The quantitative estimate of drug-likeness (QED) is 0.575. The molecule has 0 aliphatic carbocycles. The first-order valence-corrected chi connectivity index (χ1v) is 9.85. The summed E-state index contributed by atoms with van der Waals surface area (Å²) in [5.74, 6) is -1.21. The molecular weight excluding hydrogens is 430 g/mol. The lowest BCUT2D eigenvalue weighted by molar-refractivity contribution is 0.0941. The van der Waals surface area contributed by atoms with Gasteiger partial charge in [-0.3, -0.25) is 9.59 Å². The fraction of sp³-hybridized carbons (Fsp3) is 0.190. The maximum atomic E-state index is 13.2. The van der Waals surface area contributed by atoms with Crippen LogP contribution in [0.25, 0.3) is 5.69 Å². The predicted octanol–water partition coefficient (Wildman–Crippen LogP) is 5.02. The van der Waals surface area contributed by atoms with Crippen LogP contribution in [0.2, 0.25) is 10.2 Å². The maximum Gasteiger partial charge on any atom is 0.260 e. The van der Waals surface area contributed by atoms with Crippen molar-refractivity contribution in [2.45, 2.75) is 26.8 Å². The summed E-state index contributed by atoms with van der Waals surface area (Å²) in [5, 5.41) is 10.1. The van der Waals surface area contributed by atoms with Crippen LogP contribution in [0.5, 0.6) is 0 Å². The van der Waals surface area contributed by atoms with E-state index in [-0.39, 0.29) is 33.4 Å². The van der Waals surface area contributed by atoms with E-state index in [1.165, 1.54) is 41.1 Å². The highest BCUT2D eigenvalue weighted by Crippen LogP contribution is 2.27. The zero-order chi connectivity index (χ0) is 22.0. The Morgan fingerprint density at radius 3 is 2.37 bits per heavy atom. The molecule has 9 heteroatoms. The summed E-state index contributed by atoms with van der Waals surface area (Å²) in [6, 6.07) is 10.1. The SMILES string of the molecule is Cc1nn(-c2ccc(F)cc2)c(Cl)c1C(=O)Nc1cc(C(=O)NC(C)C)ccc1Cl. The van der Waals surface area contributed by atoms with Crippen LogP contribution in [0.3, 0.4) is 0 Å². The Bertz CT molecular complexity index is 1110. The summed E-state index contributed by atoms with van der Waals surface area (Å²) >= 11 is 12.6. The molecule has 0 saturated heterocycles. The van der Waals surface area contributed by atoms with Gasteiger partial charge in [0.05, 0.1) is 22.1 Å². The lowest BCUT2D eigenvalue weighted by Crippen LogP contribution is -2.30. The van der Waals surface area contributed by atoms with E-state index in [0.29, 0.717) is 16.9 Å². The average molecular weight is 449 g/mol. The number of benzene rings is 2. The van der Waals surface area contributed by atoms with Crippen LogP contribution in [0.1, 0.15) is 40.3 Å². The van der Waals surface area contributed by atoms with E-state index >= 15 is 0 Å². The number of carbonyl (C=O) groups is 2. The molecule has 1 heterocycles. The van der Waals surface area contributed by atoms with Crippen molar-refractivity contribution in [1.82, 2.24) is 15.1 Å². The van der Waals surface area contributed by atoms with Crippen LogP contribution in [0.15, 0.2) is 42.5 Å². The fourth-order valence-corrected chi connectivity index (χ4v) is 3.33. The van der Waals surface area contributed by atoms with Gasteiger partial charge in [-0.15, -0.1) is 0 Å². The minimum Gasteiger partial charge on any atom is -0.350 e. The summed E-state index contributed by atoms with van der Waals surface area (Å²) in [6.45, 7) is 5.33. The number of anilines is 1. The Morgan fingerprint density at radius 2 is 1.73 bits per heavy atom. The number of nitrogens with one attached hydrogen (secondary N) is 2. The lowest BCUT2D eigenvalue weighted by atomic mass is 10.1. The van der Waals surface area contributed by atoms with Gasteiger partial charge < -0.3 is 10.6 Å². The smallest absolute Gasteiger partial charge is 0.260 e. The summed E-state index contributed by atoms with van der Waals surface area (Å²) < 4.78 is 14.5. The Kier molecular flexibility index (Phi) is 6.43. The first-order chi connectivity index (χ1) is 14.2. The second-order valence-electron chi connectivity index (χ2n) is 6.92. The fourth-order valence-electron chi connectivity index (χ4n) is 2.80. The second-order valence-corrected chi connectivity index (χ2v) is 7.68. The lowest BCUT2D eigenvalue weighted by Gasteiger charge is -2.11. The Balaban J connectivity index is 1.90. The van der Waals surface area contributed by atoms with Crippen molar-refractivity contribution in [2.75, 3.05) is 5.32 Å². The van der Waals surface area contributed by atoms with Gasteiger partial charge in [-0.05, 0) is 63.2 Å². The number of halogens is 3. The Labute approximate surface area is 183 Å². The number of hydrogen-bond donors (Lipinski definition) is 2. The molecule has 0 unspecified atom stereocenters. The highest BCUT2D eigenvalue weighted by Gasteiger charge is 2.22. The number of amides is 2. The third-order valence-electron chi connectivity index (χ3n) is 4.20. The first-order valence-electron chi connectivity index (χ1n) is 9.10. The zero-order valence-corrected chi connectivity index (χ0v) is 18.0. The van der Waals surface area contributed by atoms with Gasteiger partial charge in [0.2, 0.25) is 0 Å². The predicted molar refractivity (Wildman–Crippen MR) is 115 cm³/mol. The highest BCUT2D eigenvalue weighted by atomic mass is 35.5. The van der Waals surface area contributed by atoms with Crippen LogP contribution in [-0.2, 0) is 0 Å². The van der Waals surface area contributed by atoms with Crippen LogP contribution in [0.4, 0.5) is 10.1 Å². The topological polar surface area (TPSA) is 76.0 Å². The number of nitrogens with zero attached hydrogens (tertiary/aromatic N) is 2. The van der Waals surface area contributed by atoms with Crippen LogP contribution in [0, 0.1) is 12.7 Å². The minimum absolute atomic E-state index is 0.0371. The van der Waals surface area contributed by atoms with E-state index in [2.05, 4.69) is 15.7 Å². The molecule has 2 aromatic carbocycles. The van der Waals surface area contributed by atoms with Gasteiger partial charge in [0, 0.05) is 11.6 Å². The van der Waals surface area contributed by atoms with Gasteiger partial charge in [-0.1, -0.05) is 23.2 Å². The molecular formula is C21H19Cl2FN4O2. The Morgan fingerprint density at radius 1 is 1.07 bits per heavy atom. The summed E-state index contributed by atoms with van der Waals surface area (Å²) in [4.78, 5) is 25.1. The molecule has 156 valence electrons. The van der Waals surface area contributed by atoms with Crippen LogP contribution < -0.4 is 10.6 Å². The molecule has 30 heavy (non-hydrogen) atoms. The van der Waals surface area contributed by atoms with Crippen molar-refractivity contribution in [2.24, 2.45) is 0 Å². The van der Waals surface area contributed by atoms with Gasteiger partial charge in [-0.2, -0.15) is 5.10 Å². The van der Waals surface area contributed by atoms with E-state index in [1.807, 2.05) is 13.8 Å². The maximum absolute atomic E-state index is 13.2. The second kappa shape index (κ2) is 8.85. The standard InChI is InChI=1S/C21H19Cl2FN4O2/c1-11(2)25-20(29)13-4-9-16(22)17(10-13)26-21(30)18-12(3)27-28(19(18)23)15-7-5-14(24)6-8-15/h4-11H,1-3H3,(H,25,29)(H,26,30). The number of aromatic nitrogens is 2. The van der Waals surface area contributed by atoms with Gasteiger partial charge in [0.15, 0.2) is 0 Å². The molecule has 0 aliphatic heterocycles. The third kappa shape index (κ3) is 4.63. The number of rotatable bonds is 5. The Hall–Kier alpha value is -2.90. The van der Waals surface area contributed by atoms with E-state index in [1.54, 1.807) is 13.0 Å². The molecule has 0 fully saturated rings. The van der Waals surface area contributed by atoms with Gasteiger partial charge in [-0.25, -0.2) is 9.07 Å². The first kappa shape index (κ1) is 21.8. The zero-order valence-electron chi connectivity index (χ0n) is 16.5. The molecule has 1 aromatic heterocycles. The highest BCUT2D eigenvalue weighted by molar-refractivity contribution is 6.35. The number of hydrogen-bond acceptors (Lipinski definition) is 3. The monoisotopic (exact) mass is 448 g/mol. The van der Waals surface area contributed by atoms with E-state index < -0.39 is 11.7 Å². The molecule has 0 atom stereocenters. The molecule has 2 N–H and O–H groups in total. The third-order valence-corrected chi connectivity index (χ3v) is 4.88. The average Bonchev–Trinajstić information content (AvgIpc) is 2.97. The number of carbonyl (C=O) groups excluding carboxylic acids is 2. The van der Waals surface area contributed by atoms with Crippen molar-refractivity contribution >= 4 is 40.7 Å². The van der Waals surface area contributed by atoms with Crippen molar-refractivity contribution < 1.29 is 14.0 Å². The molecule has 0 bridgehead atoms. The summed E-state index contributed by atoms with van der Waals surface area (Å²) in [7, 11) is 0. The minimum atomic E-state index is -0.533. The molecule has 0 radical (unpaired) electrons. The molecule has 0 saturated carbocycles. The van der Waals surface area contributed by atoms with Gasteiger partial charge in [0.25, 0.3) is 11.8 Å². The van der Waals surface area contributed by atoms with Crippen LogP contribution in [-0.4, -0.2) is 27.6 Å². The van der Waals surface area contributed by atoms with Crippen molar-refractivity contribution in [1.29, 1.82) is 0 Å². The molecule has 2 amide bonds. The number of aryl methyl sites for hydroxylation is 1. The normalized spacial score (nSPS) is 10.9. The van der Waals surface area contributed by atoms with E-state index in [0.717, 1.165) is 0 Å². The van der Waals surface area contributed by atoms with Crippen molar-refractivity contribution in [3.05, 3.63) is 75.3 Å². The van der Waals surface area contributed by atoms with Crippen molar-refractivity contribution in [3.8, 4) is 5.69 Å². The van der Waals surface area contributed by atoms with Crippen molar-refractivity contribution in [3.63, 3.8) is 0 Å². The summed E-state index contributed by atoms with van der Waals surface area (Å²) in [6.07, 6.45) is 0. The van der Waals surface area contributed by atoms with Crippen LogP contribution >= 0.6 is 23.2 Å². The molecule has 0 aliphatic rings. The molecule has 6 nitrogen and oxygen atoms in total. The molecule has 3 aromatic rings. The molecule has 3 rings (SSSR count). The van der Waals surface area contributed by atoms with Gasteiger partial charge >= 0.3 is 0 Å². The summed E-state index contributed by atoms with van der Waals surface area (Å²) in [5.41, 5.74) is 1.66.